The van der Waals surface area contributed by atoms with Crippen LogP contribution in [-0.4, -0.2) is 28.8 Å². The molecule has 0 aromatic heterocycles. The summed E-state index contributed by atoms with van der Waals surface area (Å²) in [6, 6.07) is 18.0. The van der Waals surface area contributed by atoms with Gasteiger partial charge in [0.1, 0.15) is 10.6 Å². The maximum Gasteiger partial charge on any atom is 0.344 e. The van der Waals surface area contributed by atoms with Gasteiger partial charge in [-0.3, -0.25) is 5.73 Å². The van der Waals surface area contributed by atoms with Crippen molar-refractivity contribution >= 4 is 37.8 Å². The molecule has 13 heteroatoms. The first-order valence-electron chi connectivity index (χ1n) is 6.31. The van der Waals surface area contributed by atoms with Crippen LogP contribution in [0.5, 0.6) is 5.75 Å². The summed E-state index contributed by atoms with van der Waals surface area (Å²) in [5, 5.41) is 18.7. The highest BCUT2D eigenvalue weighted by Gasteiger charge is 2.14. The van der Waals surface area contributed by atoms with E-state index in [1.165, 1.54) is 0 Å². The van der Waals surface area contributed by atoms with Crippen LogP contribution in [0.3, 0.4) is 0 Å². The summed E-state index contributed by atoms with van der Waals surface area (Å²) in [4.78, 5) is 11.2. The number of benzene rings is 2. The number of esters is 1. The molecule has 11 nitrogen and oxygen atoms in total. The van der Waals surface area contributed by atoms with Crippen molar-refractivity contribution in [1.82, 2.24) is 21.6 Å². The molecule has 0 amide bonds. The van der Waals surface area contributed by atoms with Gasteiger partial charge in [-0.05, 0) is 0 Å². The van der Waals surface area contributed by atoms with Crippen molar-refractivity contribution < 1.29 is 30.9 Å². The molecule has 2 aromatic rings. The van der Waals surface area contributed by atoms with Crippen LogP contribution in [0.1, 0.15) is 10.4 Å². The number of nitrogens with one attached hydrogen (secondary N) is 2. The molecule has 0 atom stereocenters. The molecule has 28 heavy (non-hydrogen) atoms. The zero-order valence-electron chi connectivity index (χ0n) is 13.3. The Morgan fingerprint density at radius 2 is 1.46 bits per heavy atom. The Bertz CT molecular complexity index is 1040. The third-order valence-corrected chi connectivity index (χ3v) is 2.82. The first-order chi connectivity index (χ1) is 12.8. The number of sulfonamides is 1. The zero-order valence-corrected chi connectivity index (χ0v) is 14.9. The number of hydrogen-bond acceptors (Lipinski definition) is 6. The lowest BCUT2D eigenvalue weighted by Gasteiger charge is -2.03. The highest BCUT2D eigenvalue weighted by molar-refractivity contribution is 7.88. The third-order valence-electron chi connectivity index (χ3n) is 2.08. The fourth-order valence-electron chi connectivity index (χ4n) is 1.19. The lowest BCUT2D eigenvalue weighted by Crippen LogP contribution is -2.13. The average Bonchev–Trinajstić information content (AvgIpc) is 2.53. The van der Waals surface area contributed by atoms with Gasteiger partial charge in [0.15, 0.2) is 0 Å². The lowest BCUT2D eigenvalue weighted by atomic mass is 10.2. The van der Waals surface area contributed by atoms with Crippen LogP contribution in [-0.2, 0) is 24.7 Å². The van der Waals surface area contributed by atoms with Crippen LogP contribution >= 0.6 is 0 Å². The third kappa shape index (κ3) is 9.09. The minimum atomic E-state index is -4.25. The highest BCUT2D eigenvalue weighted by atomic mass is 32.2. The standard InChI is InChI=1S/C14H2N4O4S.CH2O3S/c15-14(16)18-10-3-1-9(2-4-10)13(19)22-11-5-7-12(8-6-11)23(17,20)21;1-5(2,3)4/h15,17H;1H2. The zero-order chi connectivity index (χ0) is 21.5. The van der Waals surface area contributed by atoms with Crippen molar-refractivity contribution in [2.45, 2.75) is 4.90 Å². The van der Waals surface area contributed by atoms with Crippen LogP contribution in [0, 0.1) is 54.8 Å². The van der Waals surface area contributed by atoms with Crippen LogP contribution in [0.15, 0.2) is 4.90 Å². The number of carbonyl (C=O) groups is 1. The average molecular weight is 416 g/mol. The van der Waals surface area contributed by atoms with Crippen LogP contribution in [0.4, 0.5) is 5.69 Å². The van der Waals surface area contributed by atoms with E-state index >= 15 is 0 Å². The molecule has 0 aliphatic rings. The summed E-state index contributed by atoms with van der Waals surface area (Å²) >= 11 is 0. The summed E-state index contributed by atoms with van der Waals surface area (Å²) < 4.78 is 53.5. The minimum Gasteiger partial charge on any atom is -0.422 e. The molecule has 0 saturated carbocycles. The lowest BCUT2D eigenvalue weighted by molar-refractivity contribution is 0.0733. The van der Waals surface area contributed by atoms with Crippen molar-refractivity contribution in [3.8, 4) is 5.75 Å². The van der Waals surface area contributed by atoms with Gasteiger partial charge in [-0.25, -0.2) is 18.5 Å². The number of ether oxygens (including phenoxy) is 1. The van der Waals surface area contributed by atoms with Gasteiger partial charge in [-0.1, -0.05) is 4.55 Å². The van der Waals surface area contributed by atoms with Gasteiger partial charge in [0.25, 0.3) is 26.1 Å². The molecule has 0 unspecified atom stereocenters. The first kappa shape index (κ1) is 23.0. The summed E-state index contributed by atoms with van der Waals surface area (Å²) in [6.45, 7) is 0. The Morgan fingerprint density at radius 1 is 1.00 bits per heavy atom. The second kappa shape index (κ2) is 9.27. The summed E-state index contributed by atoms with van der Waals surface area (Å²) in [6.07, 6.45) is 2.19. The van der Waals surface area contributed by atoms with Crippen molar-refractivity contribution in [1.29, 1.82) is 0 Å². The van der Waals surface area contributed by atoms with Crippen molar-refractivity contribution in [3.05, 3.63) is 60.4 Å². The molecular formula is C15H4N4O7S2. The molecule has 138 valence electrons. The molecule has 2 rings (SSSR count). The van der Waals surface area contributed by atoms with E-state index in [1.807, 2.05) is 0 Å². The van der Waals surface area contributed by atoms with Crippen LogP contribution in [0.25, 0.3) is 0 Å². The van der Waals surface area contributed by atoms with Crippen molar-refractivity contribution in [2.24, 2.45) is 0 Å². The van der Waals surface area contributed by atoms with E-state index < -0.39 is 37.0 Å². The molecule has 0 heterocycles. The number of carbonyl (C=O) groups excluding carboxylic acids is 1. The fraction of sp³-hybridized carbons (Fsp3) is 0. The maximum atomic E-state index is 11.8. The van der Waals surface area contributed by atoms with Crippen LogP contribution in [0.2, 0.25) is 0 Å². The molecule has 0 bridgehead atoms. The maximum absolute atomic E-state index is 11.8. The molecule has 0 aliphatic heterocycles. The number of guanidine groups is 1. The Morgan fingerprint density at radius 3 is 1.86 bits per heavy atom. The predicted octanol–water partition coefficient (Wildman–Crippen LogP) is -1.51. The monoisotopic (exact) mass is 416 g/mol. The van der Waals surface area contributed by atoms with E-state index in [9.17, 15) is 13.2 Å². The van der Waals surface area contributed by atoms with Crippen molar-refractivity contribution in [3.63, 3.8) is 0 Å². The van der Waals surface area contributed by atoms with E-state index in [4.69, 9.17) is 34.0 Å². The van der Waals surface area contributed by atoms with Gasteiger partial charge < -0.3 is 4.74 Å². The van der Waals surface area contributed by atoms with Gasteiger partial charge in [-0.2, -0.15) is 8.42 Å². The van der Waals surface area contributed by atoms with E-state index in [0.717, 1.165) is 0 Å². The summed E-state index contributed by atoms with van der Waals surface area (Å²) in [7, 11) is -8.42. The molecular weight excluding hydrogens is 412 g/mol. The largest absolute Gasteiger partial charge is 0.422 e. The van der Waals surface area contributed by atoms with E-state index in [2.05, 4.69) is 60.1 Å². The van der Waals surface area contributed by atoms with E-state index in [1.54, 1.807) is 0 Å². The molecule has 2 aromatic carbocycles. The molecule has 0 saturated heterocycles. The normalized spacial score (nSPS) is 11.0. The Balaban J connectivity index is 0.000000696. The second-order valence-corrected chi connectivity index (χ2v) is 6.80. The predicted molar refractivity (Wildman–Crippen MR) is 85.8 cm³/mol. The Hall–Kier alpha value is -3.00. The van der Waals surface area contributed by atoms with Crippen LogP contribution < -0.4 is 26.3 Å². The minimum absolute atomic E-state index is 0.0844. The van der Waals surface area contributed by atoms with Gasteiger partial charge in [-0.15, -0.1) is 10.5 Å². The van der Waals surface area contributed by atoms with Gasteiger partial charge in [0, 0.05) is 48.5 Å². The first-order valence-corrected chi connectivity index (χ1v) is 9.37. The topological polar surface area (TPSA) is 198 Å². The van der Waals surface area contributed by atoms with Crippen molar-refractivity contribution in [2.75, 3.05) is 0 Å². The number of rotatable bonds is 4. The quantitative estimate of drug-likeness (QED) is 0.251. The highest BCUT2D eigenvalue weighted by Crippen LogP contribution is 2.15. The van der Waals surface area contributed by atoms with Gasteiger partial charge >= 0.3 is 5.97 Å². The molecule has 0 fully saturated rings. The van der Waals surface area contributed by atoms with E-state index in [0.29, 0.717) is 0 Å². The SMILES string of the molecule is [CH2]S([O])(=O)=O.[N]=C([NH])[N]c1[c][c]c(C(=O)Oc2[c][c]c(S([NH])(=O)=O)[c][c]2)[c][c]1. The molecule has 2 N–H and O–H groups in total. The molecule has 0 aliphatic carbocycles. The second-order valence-electron chi connectivity index (χ2n) is 4.27. The molecule has 14 radical (unpaired) electrons. The number of hydrogen-bond donors (Lipinski definition) is 0. The Kier molecular flexibility index (Phi) is 7.63. The van der Waals surface area contributed by atoms with Gasteiger partial charge in [0.2, 0.25) is 0 Å². The smallest absolute Gasteiger partial charge is 0.344 e. The fourth-order valence-corrected chi connectivity index (χ4v) is 1.56. The molecule has 0 spiro atoms. The summed E-state index contributed by atoms with van der Waals surface area (Å²) in [5.41, 5.74) is 6.44. The van der Waals surface area contributed by atoms with Gasteiger partial charge in [0.05, 0.1) is 17.5 Å². The summed E-state index contributed by atoms with van der Waals surface area (Å²) in [5.74, 6) is -2.21. The number of nitrogens with zero attached hydrogens (tertiary/aromatic N) is 2. The van der Waals surface area contributed by atoms with E-state index in [-0.39, 0.29) is 17.0 Å². The Labute approximate surface area is 161 Å².